The van der Waals surface area contributed by atoms with Gasteiger partial charge >= 0.3 is 12.4 Å². The summed E-state index contributed by atoms with van der Waals surface area (Å²) in [5.74, 6) is 0. The minimum atomic E-state index is -4.96. The van der Waals surface area contributed by atoms with E-state index >= 15 is 0 Å². The number of benzene rings is 2. The molecule has 6 nitrogen and oxygen atoms in total. The minimum Gasteiger partial charge on any atom is -0.379 e. The second kappa shape index (κ2) is 9.41. The van der Waals surface area contributed by atoms with E-state index < -0.39 is 39.2 Å². The van der Waals surface area contributed by atoms with Gasteiger partial charge in [-0.1, -0.05) is 12.1 Å². The Balaban J connectivity index is 1.55. The SMILES string of the molecule is O=S(=O)(c1ccc(-c2csc(Nc3cc(C(F)(F)F)cc(C(F)(F)F)c3)n2)cc1)N1CCOCC1. The van der Waals surface area contributed by atoms with Gasteiger partial charge in [0.05, 0.1) is 34.9 Å². The predicted molar refractivity (Wildman–Crippen MR) is 117 cm³/mol. The summed E-state index contributed by atoms with van der Waals surface area (Å²) >= 11 is 0.973. The van der Waals surface area contributed by atoms with Crippen LogP contribution in [0.5, 0.6) is 0 Å². The van der Waals surface area contributed by atoms with Gasteiger partial charge in [-0.2, -0.15) is 30.6 Å². The molecule has 1 fully saturated rings. The van der Waals surface area contributed by atoms with Crippen molar-refractivity contribution in [2.75, 3.05) is 31.6 Å². The van der Waals surface area contributed by atoms with Crippen molar-refractivity contribution in [2.45, 2.75) is 17.2 Å². The first-order chi connectivity index (χ1) is 16.3. The first kappa shape index (κ1) is 25.4. The van der Waals surface area contributed by atoms with E-state index in [1.165, 1.54) is 28.6 Å². The van der Waals surface area contributed by atoms with Gasteiger partial charge in [-0.15, -0.1) is 11.3 Å². The fraction of sp³-hybridized carbons (Fsp3) is 0.286. The van der Waals surface area contributed by atoms with E-state index in [0.717, 1.165) is 11.3 Å². The summed E-state index contributed by atoms with van der Waals surface area (Å²) in [7, 11) is -3.69. The zero-order valence-electron chi connectivity index (χ0n) is 17.7. The summed E-state index contributed by atoms with van der Waals surface area (Å²) in [6.45, 7) is 1.11. The molecule has 3 aromatic rings. The zero-order chi connectivity index (χ0) is 25.4. The molecule has 0 unspecified atom stereocenters. The number of anilines is 2. The number of nitrogens with one attached hydrogen (secondary N) is 1. The Hall–Kier alpha value is -2.68. The van der Waals surface area contributed by atoms with Crippen molar-refractivity contribution < 1.29 is 39.5 Å². The summed E-state index contributed by atoms with van der Waals surface area (Å²) in [5.41, 5.74) is -2.40. The van der Waals surface area contributed by atoms with Crippen LogP contribution in [0.25, 0.3) is 11.3 Å². The maximum atomic E-state index is 13.1. The van der Waals surface area contributed by atoms with Crippen LogP contribution in [-0.2, 0) is 27.1 Å². The van der Waals surface area contributed by atoms with Crippen molar-refractivity contribution in [3.63, 3.8) is 0 Å². The standard InChI is InChI=1S/C21H17F6N3O3S2/c22-20(23,24)14-9-15(21(25,26)27)11-16(10-14)28-19-29-18(12-34-19)13-1-3-17(4-2-13)35(31,32)30-5-7-33-8-6-30/h1-4,9-12H,5-8H2,(H,28,29). The molecular weight excluding hydrogens is 520 g/mol. The van der Waals surface area contributed by atoms with E-state index in [9.17, 15) is 34.8 Å². The molecule has 35 heavy (non-hydrogen) atoms. The van der Waals surface area contributed by atoms with Crippen LogP contribution in [0.2, 0.25) is 0 Å². The molecule has 1 aliphatic rings. The number of halogens is 6. The van der Waals surface area contributed by atoms with E-state index in [2.05, 4.69) is 10.3 Å². The lowest BCUT2D eigenvalue weighted by Gasteiger charge is -2.26. The quantitative estimate of drug-likeness (QED) is 0.429. The van der Waals surface area contributed by atoms with Crippen molar-refractivity contribution in [3.8, 4) is 11.3 Å². The van der Waals surface area contributed by atoms with Crippen LogP contribution in [0.1, 0.15) is 11.1 Å². The van der Waals surface area contributed by atoms with Gasteiger partial charge in [-0.05, 0) is 30.3 Å². The van der Waals surface area contributed by atoms with Crippen LogP contribution in [0.4, 0.5) is 37.2 Å². The Kier molecular flexibility index (Phi) is 6.83. The molecule has 1 saturated heterocycles. The Morgan fingerprint density at radius 1 is 0.914 bits per heavy atom. The molecule has 0 saturated carbocycles. The third-order valence-corrected chi connectivity index (χ3v) is 7.77. The van der Waals surface area contributed by atoms with E-state index in [-0.39, 0.29) is 29.2 Å². The van der Waals surface area contributed by atoms with E-state index in [1.807, 2.05) is 0 Å². The average Bonchev–Trinajstić information content (AvgIpc) is 3.27. The summed E-state index contributed by atoms with van der Waals surface area (Å²) in [6.07, 6.45) is -9.93. The molecule has 188 valence electrons. The number of aromatic nitrogens is 1. The van der Waals surface area contributed by atoms with Crippen molar-refractivity contribution in [3.05, 3.63) is 59.0 Å². The molecule has 1 aliphatic heterocycles. The lowest BCUT2D eigenvalue weighted by molar-refractivity contribution is -0.143. The number of hydrogen-bond acceptors (Lipinski definition) is 6. The van der Waals surface area contributed by atoms with Crippen molar-refractivity contribution in [1.82, 2.24) is 9.29 Å². The third kappa shape index (κ3) is 5.77. The zero-order valence-corrected chi connectivity index (χ0v) is 19.3. The lowest BCUT2D eigenvalue weighted by Crippen LogP contribution is -2.40. The first-order valence-corrected chi connectivity index (χ1v) is 12.4. The molecule has 0 spiro atoms. The molecule has 1 aromatic heterocycles. The normalized spacial score (nSPS) is 15.8. The second-order valence-corrected chi connectivity index (χ2v) is 10.3. The number of hydrogen-bond donors (Lipinski definition) is 1. The minimum absolute atomic E-state index is 0.0466. The molecule has 0 amide bonds. The monoisotopic (exact) mass is 537 g/mol. The Labute approximate surface area is 200 Å². The first-order valence-electron chi connectivity index (χ1n) is 10.0. The number of alkyl halides is 6. The fourth-order valence-electron chi connectivity index (χ4n) is 3.35. The van der Waals surface area contributed by atoms with Crippen molar-refractivity contribution >= 4 is 32.2 Å². The van der Waals surface area contributed by atoms with Crippen LogP contribution < -0.4 is 5.32 Å². The molecule has 1 N–H and O–H groups in total. The number of morpholine rings is 1. The molecule has 0 bridgehead atoms. The fourth-order valence-corrected chi connectivity index (χ4v) is 5.50. The number of thiazole rings is 1. The van der Waals surface area contributed by atoms with Crippen molar-refractivity contribution in [2.24, 2.45) is 0 Å². The molecular formula is C21H17F6N3O3S2. The van der Waals surface area contributed by atoms with Crippen LogP contribution in [-0.4, -0.2) is 44.0 Å². The second-order valence-electron chi connectivity index (χ2n) is 7.50. The summed E-state index contributed by atoms with van der Waals surface area (Å²) in [5, 5.41) is 4.11. The lowest BCUT2D eigenvalue weighted by atomic mass is 10.1. The van der Waals surface area contributed by atoms with Gasteiger partial charge < -0.3 is 10.1 Å². The molecule has 2 heterocycles. The highest BCUT2D eigenvalue weighted by Gasteiger charge is 2.37. The van der Waals surface area contributed by atoms with Gasteiger partial charge in [0.2, 0.25) is 10.0 Å². The largest absolute Gasteiger partial charge is 0.416 e. The third-order valence-electron chi connectivity index (χ3n) is 5.10. The predicted octanol–water partition coefficient (Wildman–Crippen LogP) is 5.61. The maximum Gasteiger partial charge on any atom is 0.416 e. The Morgan fingerprint density at radius 3 is 2.03 bits per heavy atom. The molecule has 0 aliphatic carbocycles. The molecule has 0 radical (unpaired) electrons. The topological polar surface area (TPSA) is 71.5 Å². The van der Waals surface area contributed by atoms with Gasteiger partial charge in [-0.3, -0.25) is 0 Å². The van der Waals surface area contributed by atoms with Crippen LogP contribution >= 0.6 is 11.3 Å². The van der Waals surface area contributed by atoms with Gasteiger partial charge in [-0.25, -0.2) is 13.4 Å². The summed E-state index contributed by atoms with van der Waals surface area (Å²) in [4.78, 5) is 4.29. The molecule has 0 atom stereocenters. The van der Waals surface area contributed by atoms with E-state index in [0.29, 0.717) is 36.6 Å². The van der Waals surface area contributed by atoms with Gasteiger partial charge in [0, 0.05) is 29.7 Å². The number of rotatable bonds is 5. The van der Waals surface area contributed by atoms with Crippen molar-refractivity contribution in [1.29, 1.82) is 0 Å². The number of ether oxygens (including phenoxy) is 1. The average molecular weight is 538 g/mol. The maximum absolute atomic E-state index is 13.1. The van der Waals surface area contributed by atoms with E-state index in [4.69, 9.17) is 4.74 Å². The van der Waals surface area contributed by atoms with Gasteiger partial charge in [0.1, 0.15) is 0 Å². The van der Waals surface area contributed by atoms with Gasteiger partial charge in [0.15, 0.2) is 5.13 Å². The number of sulfonamides is 1. The van der Waals surface area contributed by atoms with Crippen LogP contribution in [0, 0.1) is 0 Å². The summed E-state index contributed by atoms with van der Waals surface area (Å²) < 4.78 is 110. The Bertz CT molecular complexity index is 1270. The molecule has 2 aromatic carbocycles. The number of nitrogens with zero attached hydrogens (tertiary/aromatic N) is 2. The smallest absolute Gasteiger partial charge is 0.379 e. The Morgan fingerprint density at radius 2 is 1.49 bits per heavy atom. The van der Waals surface area contributed by atoms with Crippen LogP contribution in [0.3, 0.4) is 0 Å². The summed E-state index contributed by atoms with van der Waals surface area (Å²) in [6, 6.07) is 7.06. The van der Waals surface area contributed by atoms with E-state index in [1.54, 1.807) is 5.38 Å². The van der Waals surface area contributed by atoms with Gasteiger partial charge in [0.25, 0.3) is 0 Å². The highest BCUT2D eigenvalue weighted by Crippen LogP contribution is 2.38. The highest BCUT2D eigenvalue weighted by atomic mass is 32.2. The molecule has 4 rings (SSSR count). The molecule has 14 heteroatoms. The highest BCUT2D eigenvalue weighted by molar-refractivity contribution is 7.89. The van der Waals surface area contributed by atoms with Crippen LogP contribution in [0.15, 0.2) is 52.7 Å².